The van der Waals surface area contributed by atoms with E-state index in [1.165, 1.54) is 13.0 Å². The molecule has 21 heavy (non-hydrogen) atoms. The van der Waals surface area contributed by atoms with Crippen molar-refractivity contribution in [2.24, 2.45) is 0 Å². The highest BCUT2D eigenvalue weighted by atomic mass is 35.5. The van der Waals surface area contributed by atoms with Crippen LogP contribution in [-0.4, -0.2) is 34.7 Å². The summed E-state index contributed by atoms with van der Waals surface area (Å²) in [4.78, 5) is 36.8. The van der Waals surface area contributed by atoms with E-state index < -0.39 is 35.6 Å². The van der Waals surface area contributed by atoms with Gasteiger partial charge in [0, 0.05) is 5.56 Å². The molecule has 0 bridgehead atoms. The summed E-state index contributed by atoms with van der Waals surface area (Å²) in [6.45, 7) is 4.16. The molecule has 0 aliphatic carbocycles. The summed E-state index contributed by atoms with van der Waals surface area (Å²) in [5, 5.41) is 2.43. The third kappa shape index (κ3) is 2.76. The van der Waals surface area contributed by atoms with Crippen LogP contribution in [0.15, 0.2) is 12.1 Å². The van der Waals surface area contributed by atoms with Gasteiger partial charge in [-0.15, -0.1) is 0 Å². The molecule has 0 aromatic heterocycles. The van der Waals surface area contributed by atoms with E-state index in [1.54, 1.807) is 13.8 Å². The summed E-state index contributed by atoms with van der Waals surface area (Å²) in [5.74, 6) is -1.53. The lowest BCUT2D eigenvalue weighted by Gasteiger charge is -2.15. The van der Waals surface area contributed by atoms with E-state index in [9.17, 15) is 18.8 Å². The van der Waals surface area contributed by atoms with Crippen LogP contribution in [0, 0.1) is 12.7 Å². The number of amides is 3. The van der Waals surface area contributed by atoms with Gasteiger partial charge < -0.3 is 5.32 Å². The first kappa shape index (κ1) is 15.4. The van der Waals surface area contributed by atoms with Gasteiger partial charge in [-0.3, -0.25) is 14.5 Å². The fraction of sp³-hybridized carbons (Fsp3) is 0.357. The monoisotopic (exact) mass is 312 g/mol. The zero-order valence-corrected chi connectivity index (χ0v) is 12.5. The summed E-state index contributed by atoms with van der Waals surface area (Å²) in [6, 6.07) is 1.72. The first-order valence-corrected chi connectivity index (χ1v) is 6.64. The van der Waals surface area contributed by atoms with Crippen LogP contribution in [-0.2, 0) is 4.79 Å². The Labute approximate surface area is 126 Å². The molecule has 0 spiro atoms. The average Bonchev–Trinajstić information content (AvgIpc) is 2.56. The lowest BCUT2D eigenvalue weighted by Crippen LogP contribution is -2.41. The minimum Gasteiger partial charge on any atom is -0.324 e. The maximum absolute atomic E-state index is 13.3. The second-order valence-corrected chi connectivity index (χ2v) is 5.86. The number of rotatable bonds is 3. The number of benzene rings is 1. The normalized spacial score (nSPS) is 17.1. The lowest BCUT2D eigenvalue weighted by molar-refractivity contribution is -0.129. The van der Waals surface area contributed by atoms with Crippen molar-refractivity contribution < 1.29 is 18.8 Å². The van der Waals surface area contributed by atoms with Gasteiger partial charge in [-0.1, -0.05) is 11.6 Å². The molecule has 1 aromatic rings. The molecular formula is C14H14ClFN2O3. The molecule has 1 fully saturated rings. The number of carbonyl (C=O) groups is 3. The zero-order chi connectivity index (χ0) is 15.9. The van der Waals surface area contributed by atoms with Crippen LogP contribution in [0.4, 0.5) is 9.18 Å². The van der Waals surface area contributed by atoms with Gasteiger partial charge in [-0.05, 0) is 38.5 Å². The first-order chi connectivity index (χ1) is 9.63. The van der Waals surface area contributed by atoms with Crippen molar-refractivity contribution in [3.05, 3.63) is 34.1 Å². The van der Waals surface area contributed by atoms with E-state index in [1.807, 2.05) is 0 Å². The Morgan fingerprint density at radius 3 is 2.52 bits per heavy atom. The fourth-order valence-corrected chi connectivity index (χ4v) is 2.32. The summed E-state index contributed by atoms with van der Waals surface area (Å²) < 4.78 is 13.3. The minimum atomic E-state index is -1.04. The Kier molecular flexibility index (Phi) is 3.76. The van der Waals surface area contributed by atoms with Crippen molar-refractivity contribution in [3.8, 4) is 0 Å². The summed E-state index contributed by atoms with van der Waals surface area (Å²) in [7, 11) is 0. The number of halogens is 2. The number of imide groups is 1. The highest BCUT2D eigenvalue weighted by Crippen LogP contribution is 2.23. The topological polar surface area (TPSA) is 66.5 Å². The molecule has 0 radical (unpaired) electrons. The van der Waals surface area contributed by atoms with Crippen molar-refractivity contribution in [1.29, 1.82) is 0 Å². The Morgan fingerprint density at radius 2 is 2.00 bits per heavy atom. The molecule has 7 heteroatoms. The smallest absolute Gasteiger partial charge is 0.324 e. The molecule has 1 aliphatic heterocycles. The molecular weight excluding hydrogens is 299 g/mol. The van der Waals surface area contributed by atoms with Crippen LogP contribution in [0.1, 0.15) is 29.8 Å². The number of urea groups is 1. The highest BCUT2D eigenvalue weighted by Gasteiger charge is 2.44. The number of hydrogen-bond donors (Lipinski definition) is 1. The molecule has 1 aromatic carbocycles. The van der Waals surface area contributed by atoms with E-state index >= 15 is 0 Å². The largest absolute Gasteiger partial charge is 0.325 e. The maximum Gasteiger partial charge on any atom is 0.325 e. The number of hydrogen-bond acceptors (Lipinski definition) is 3. The van der Waals surface area contributed by atoms with Gasteiger partial charge in [0.2, 0.25) is 0 Å². The molecule has 0 atom stereocenters. The molecule has 1 N–H and O–H groups in total. The molecule has 112 valence electrons. The predicted molar refractivity (Wildman–Crippen MR) is 74.8 cm³/mol. The van der Waals surface area contributed by atoms with Gasteiger partial charge in [0.15, 0.2) is 5.78 Å². The van der Waals surface area contributed by atoms with Crippen molar-refractivity contribution in [2.75, 3.05) is 6.54 Å². The van der Waals surface area contributed by atoms with E-state index in [4.69, 9.17) is 11.6 Å². The molecule has 3 amide bonds. The Hall–Kier alpha value is -1.95. The number of nitrogens with one attached hydrogen (secondary N) is 1. The second kappa shape index (κ2) is 5.11. The molecule has 0 unspecified atom stereocenters. The van der Waals surface area contributed by atoms with Gasteiger partial charge in [-0.25, -0.2) is 9.18 Å². The quantitative estimate of drug-likeness (QED) is 0.688. The van der Waals surface area contributed by atoms with E-state index in [2.05, 4.69) is 5.32 Å². The first-order valence-electron chi connectivity index (χ1n) is 6.26. The third-order valence-corrected chi connectivity index (χ3v) is 3.61. The number of nitrogens with zero attached hydrogens (tertiary/aromatic N) is 1. The van der Waals surface area contributed by atoms with E-state index in [0.717, 1.165) is 11.0 Å². The summed E-state index contributed by atoms with van der Waals surface area (Å²) in [5.41, 5.74) is -0.694. The Balaban J connectivity index is 2.25. The van der Waals surface area contributed by atoms with Crippen LogP contribution >= 0.6 is 11.6 Å². The van der Waals surface area contributed by atoms with Gasteiger partial charge >= 0.3 is 6.03 Å². The molecule has 2 rings (SSSR count). The van der Waals surface area contributed by atoms with Crippen molar-refractivity contribution in [2.45, 2.75) is 26.3 Å². The van der Waals surface area contributed by atoms with Crippen LogP contribution in [0.5, 0.6) is 0 Å². The molecule has 5 nitrogen and oxygen atoms in total. The van der Waals surface area contributed by atoms with Gasteiger partial charge in [0.25, 0.3) is 5.91 Å². The molecule has 1 heterocycles. The molecule has 1 saturated heterocycles. The number of Topliss-reactive ketones (excluding diaryl/α,β-unsaturated/α-hetero) is 1. The van der Waals surface area contributed by atoms with E-state index in [-0.39, 0.29) is 16.1 Å². The van der Waals surface area contributed by atoms with Gasteiger partial charge in [0.05, 0.1) is 11.6 Å². The lowest BCUT2D eigenvalue weighted by atomic mass is 10.1. The minimum absolute atomic E-state index is 0.0468. The van der Waals surface area contributed by atoms with Crippen LogP contribution in [0.25, 0.3) is 0 Å². The third-order valence-electron chi connectivity index (χ3n) is 3.29. The fourth-order valence-electron chi connectivity index (χ4n) is 2.06. The summed E-state index contributed by atoms with van der Waals surface area (Å²) in [6.07, 6.45) is 0. The second-order valence-electron chi connectivity index (χ2n) is 5.45. The zero-order valence-electron chi connectivity index (χ0n) is 11.8. The average molecular weight is 313 g/mol. The number of ketones is 1. The standard InChI is InChI=1S/C14H14ClFN2O3/c1-7-4-8(9(15)5-10(7)16)11(19)6-18-12(20)14(2,3)17-13(18)21/h4-5H,6H2,1-3H3,(H,17,21). The van der Waals surface area contributed by atoms with Crippen molar-refractivity contribution >= 4 is 29.3 Å². The summed E-state index contributed by atoms with van der Waals surface area (Å²) >= 11 is 5.85. The number of carbonyl (C=O) groups excluding carboxylic acids is 3. The van der Waals surface area contributed by atoms with Crippen LogP contribution < -0.4 is 5.32 Å². The van der Waals surface area contributed by atoms with Crippen molar-refractivity contribution in [1.82, 2.24) is 10.2 Å². The maximum atomic E-state index is 13.3. The molecule has 1 aliphatic rings. The number of aryl methyl sites for hydroxylation is 1. The van der Waals surface area contributed by atoms with Crippen LogP contribution in [0.3, 0.4) is 0 Å². The van der Waals surface area contributed by atoms with E-state index in [0.29, 0.717) is 0 Å². The highest BCUT2D eigenvalue weighted by molar-refractivity contribution is 6.34. The predicted octanol–water partition coefficient (Wildman–Crippen LogP) is 2.30. The molecule has 0 saturated carbocycles. The SMILES string of the molecule is Cc1cc(C(=O)CN2C(=O)NC(C)(C)C2=O)c(Cl)cc1F. The van der Waals surface area contributed by atoms with Crippen LogP contribution in [0.2, 0.25) is 5.02 Å². The van der Waals surface area contributed by atoms with Gasteiger partial charge in [-0.2, -0.15) is 0 Å². The van der Waals surface area contributed by atoms with Gasteiger partial charge in [0.1, 0.15) is 11.4 Å². The van der Waals surface area contributed by atoms with Crippen molar-refractivity contribution in [3.63, 3.8) is 0 Å². The Morgan fingerprint density at radius 1 is 1.38 bits per heavy atom. The Bertz CT molecular complexity index is 658.